The van der Waals surface area contributed by atoms with E-state index in [1.54, 1.807) is 18.2 Å². The van der Waals surface area contributed by atoms with Crippen molar-refractivity contribution in [3.05, 3.63) is 41.2 Å². The number of anilines is 1. The van der Waals surface area contributed by atoms with Gasteiger partial charge < -0.3 is 15.2 Å². The number of hydrogen-bond acceptors (Lipinski definition) is 5. The molecule has 0 radical (unpaired) electrons. The van der Waals surface area contributed by atoms with Crippen LogP contribution in [-0.2, 0) is 17.9 Å². The van der Waals surface area contributed by atoms with Crippen LogP contribution in [0.5, 0.6) is 5.75 Å². The molecule has 0 unspecified atom stereocenters. The summed E-state index contributed by atoms with van der Waals surface area (Å²) in [6.07, 6.45) is 0. The van der Waals surface area contributed by atoms with Crippen molar-refractivity contribution in [2.75, 3.05) is 12.8 Å². The largest absolute Gasteiger partial charge is 0.486 e. The number of methoxy groups -OCH3 is 1. The summed E-state index contributed by atoms with van der Waals surface area (Å²) in [6.45, 7) is 5.00. The molecule has 0 spiro atoms. The van der Waals surface area contributed by atoms with Gasteiger partial charge in [-0.15, -0.1) is 0 Å². The van der Waals surface area contributed by atoms with Crippen molar-refractivity contribution in [1.29, 1.82) is 0 Å². The molecular weight excluding hydrogens is 270 g/mol. The summed E-state index contributed by atoms with van der Waals surface area (Å²) in [7, 11) is 1.31. The summed E-state index contributed by atoms with van der Waals surface area (Å²) in [5.41, 5.74) is 8.28. The number of esters is 1. The molecule has 0 saturated carbocycles. The highest BCUT2D eigenvalue weighted by Gasteiger charge is 2.17. The monoisotopic (exact) mass is 289 g/mol. The summed E-state index contributed by atoms with van der Waals surface area (Å²) in [4.78, 5) is 11.8. The SMILES string of the molecule is CCn1nc(C)cc1COc1cccc(N)c1C(=O)OC. The molecule has 6 nitrogen and oxygen atoms in total. The Labute approximate surface area is 123 Å². The van der Waals surface area contributed by atoms with Crippen molar-refractivity contribution in [3.63, 3.8) is 0 Å². The Hall–Kier alpha value is -2.50. The summed E-state index contributed by atoms with van der Waals surface area (Å²) < 4.78 is 12.3. The average molecular weight is 289 g/mol. The smallest absolute Gasteiger partial charge is 0.343 e. The molecule has 0 saturated heterocycles. The summed E-state index contributed by atoms with van der Waals surface area (Å²) in [5, 5.41) is 4.35. The third kappa shape index (κ3) is 3.16. The van der Waals surface area contributed by atoms with Gasteiger partial charge in [-0.2, -0.15) is 5.10 Å². The van der Waals surface area contributed by atoms with Crippen LogP contribution in [0.25, 0.3) is 0 Å². The van der Waals surface area contributed by atoms with Gasteiger partial charge >= 0.3 is 5.97 Å². The van der Waals surface area contributed by atoms with E-state index in [-0.39, 0.29) is 5.56 Å². The fourth-order valence-electron chi connectivity index (χ4n) is 2.13. The van der Waals surface area contributed by atoms with Gasteiger partial charge in [-0.1, -0.05) is 6.07 Å². The first-order valence-electron chi connectivity index (χ1n) is 6.69. The molecule has 0 fully saturated rings. The summed E-state index contributed by atoms with van der Waals surface area (Å²) in [5.74, 6) is -0.105. The maximum Gasteiger partial charge on any atom is 0.343 e. The van der Waals surface area contributed by atoms with Crippen LogP contribution in [0.3, 0.4) is 0 Å². The quantitative estimate of drug-likeness (QED) is 0.674. The molecule has 0 aliphatic heterocycles. The van der Waals surface area contributed by atoms with Gasteiger partial charge in [-0.3, -0.25) is 4.68 Å². The fraction of sp³-hybridized carbons (Fsp3) is 0.333. The highest BCUT2D eigenvalue weighted by Crippen LogP contribution is 2.26. The lowest BCUT2D eigenvalue weighted by atomic mass is 10.1. The van der Waals surface area contributed by atoms with Crippen LogP contribution < -0.4 is 10.5 Å². The standard InChI is InChI=1S/C15H19N3O3/c1-4-18-11(8-10(2)17-18)9-21-13-7-5-6-12(16)14(13)15(19)20-3/h5-8H,4,9,16H2,1-3H3. The predicted molar refractivity (Wildman–Crippen MR) is 79.2 cm³/mol. The van der Waals surface area contributed by atoms with Crippen molar-refractivity contribution in [1.82, 2.24) is 9.78 Å². The zero-order chi connectivity index (χ0) is 15.4. The van der Waals surface area contributed by atoms with E-state index in [0.717, 1.165) is 17.9 Å². The van der Waals surface area contributed by atoms with Gasteiger partial charge in [0.2, 0.25) is 0 Å². The highest BCUT2D eigenvalue weighted by molar-refractivity contribution is 5.98. The van der Waals surface area contributed by atoms with E-state index < -0.39 is 5.97 Å². The minimum atomic E-state index is -0.511. The topological polar surface area (TPSA) is 79.4 Å². The second-order valence-electron chi connectivity index (χ2n) is 4.59. The zero-order valence-electron chi connectivity index (χ0n) is 12.4. The third-order valence-electron chi connectivity index (χ3n) is 3.11. The molecule has 6 heteroatoms. The molecule has 21 heavy (non-hydrogen) atoms. The van der Waals surface area contributed by atoms with Gasteiger partial charge in [0.1, 0.15) is 17.9 Å². The highest BCUT2D eigenvalue weighted by atomic mass is 16.5. The van der Waals surface area contributed by atoms with Crippen molar-refractivity contribution >= 4 is 11.7 Å². The molecule has 0 aliphatic rings. The van der Waals surface area contributed by atoms with Crippen LogP contribution >= 0.6 is 0 Å². The van der Waals surface area contributed by atoms with Gasteiger partial charge in [0.15, 0.2) is 0 Å². The van der Waals surface area contributed by atoms with Crippen LogP contribution in [0.1, 0.15) is 28.7 Å². The maximum atomic E-state index is 11.8. The molecule has 0 aliphatic carbocycles. The molecule has 0 atom stereocenters. The Morgan fingerprint density at radius 1 is 1.43 bits per heavy atom. The Kier molecular flexibility index (Phi) is 4.47. The first-order valence-corrected chi connectivity index (χ1v) is 6.69. The maximum absolute atomic E-state index is 11.8. The van der Waals surface area contributed by atoms with Crippen molar-refractivity contribution in [2.24, 2.45) is 0 Å². The van der Waals surface area contributed by atoms with E-state index in [1.807, 2.05) is 24.6 Å². The lowest BCUT2D eigenvalue weighted by Crippen LogP contribution is -2.11. The number of rotatable bonds is 5. The number of carbonyl (C=O) groups is 1. The van der Waals surface area contributed by atoms with E-state index in [9.17, 15) is 4.79 Å². The molecule has 2 aromatic rings. The number of nitrogen functional groups attached to an aromatic ring is 1. The summed E-state index contributed by atoms with van der Waals surface area (Å²) in [6, 6.07) is 7.02. The molecule has 1 heterocycles. The molecule has 2 rings (SSSR count). The molecule has 112 valence electrons. The third-order valence-corrected chi connectivity index (χ3v) is 3.11. The van der Waals surface area contributed by atoms with Gasteiger partial charge in [-0.05, 0) is 32.0 Å². The number of ether oxygens (including phenoxy) is 2. The van der Waals surface area contributed by atoms with Gasteiger partial charge in [-0.25, -0.2) is 4.79 Å². The Balaban J connectivity index is 2.24. The first kappa shape index (κ1) is 14.9. The van der Waals surface area contributed by atoms with Crippen molar-refractivity contribution < 1.29 is 14.3 Å². The number of nitrogens with two attached hydrogens (primary N) is 1. The molecular formula is C15H19N3O3. The van der Waals surface area contributed by atoms with Crippen LogP contribution in [0.15, 0.2) is 24.3 Å². The Morgan fingerprint density at radius 3 is 2.86 bits per heavy atom. The van der Waals surface area contributed by atoms with Crippen LogP contribution in [0.4, 0.5) is 5.69 Å². The van der Waals surface area contributed by atoms with Crippen molar-refractivity contribution in [2.45, 2.75) is 27.0 Å². The van der Waals surface area contributed by atoms with Crippen LogP contribution in [0.2, 0.25) is 0 Å². The second kappa shape index (κ2) is 6.30. The number of aromatic nitrogens is 2. The number of aryl methyl sites for hydroxylation is 2. The van der Waals surface area contributed by atoms with E-state index in [0.29, 0.717) is 18.0 Å². The molecule has 1 aromatic carbocycles. The van der Waals surface area contributed by atoms with Crippen LogP contribution in [0, 0.1) is 6.92 Å². The van der Waals surface area contributed by atoms with E-state index in [2.05, 4.69) is 5.10 Å². The minimum absolute atomic E-state index is 0.249. The molecule has 0 amide bonds. The average Bonchev–Trinajstić information content (AvgIpc) is 2.84. The predicted octanol–water partition coefficient (Wildman–Crippen LogP) is 2.16. The fourth-order valence-corrected chi connectivity index (χ4v) is 2.13. The summed E-state index contributed by atoms with van der Waals surface area (Å²) >= 11 is 0. The van der Waals surface area contributed by atoms with Crippen LogP contribution in [-0.4, -0.2) is 22.9 Å². The zero-order valence-corrected chi connectivity index (χ0v) is 12.4. The van der Waals surface area contributed by atoms with Gasteiger partial charge in [0.25, 0.3) is 0 Å². The number of hydrogen-bond donors (Lipinski definition) is 1. The second-order valence-corrected chi connectivity index (χ2v) is 4.59. The Bertz CT molecular complexity index is 650. The number of carbonyl (C=O) groups excluding carboxylic acids is 1. The molecule has 1 aromatic heterocycles. The normalized spacial score (nSPS) is 10.4. The van der Waals surface area contributed by atoms with Gasteiger partial charge in [0.05, 0.1) is 18.5 Å². The number of benzene rings is 1. The number of nitrogens with zero attached hydrogens (tertiary/aromatic N) is 2. The lowest BCUT2D eigenvalue weighted by Gasteiger charge is -2.12. The van der Waals surface area contributed by atoms with E-state index >= 15 is 0 Å². The minimum Gasteiger partial charge on any atom is -0.486 e. The Morgan fingerprint density at radius 2 is 2.19 bits per heavy atom. The lowest BCUT2D eigenvalue weighted by molar-refractivity contribution is 0.0596. The first-order chi connectivity index (χ1) is 10.1. The van der Waals surface area contributed by atoms with E-state index in [1.165, 1.54) is 7.11 Å². The van der Waals surface area contributed by atoms with Crippen molar-refractivity contribution in [3.8, 4) is 5.75 Å². The van der Waals surface area contributed by atoms with Gasteiger partial charge in [0, 0.05) is 12.2 Å². The molecule has 2 N–H and O–H groups in total. The van der Waals surface area contributed by atoms with E-state index in [4.69, 9.17) is 15.2 Å². The molecule has 0 bridgehead atoms.